The van der Waals surface area contributed by atoms with Gasteiger partial charge in [-0.3, -0.25) is 4.79 Å². The van der Waals surface area contributed by atoms with E-state index in [0.717, 1.165) is 0 Å². The van der Waals surface area contributed by atoms with E-state index < -0.39 is 22.0 Å². The number of benzene rings is 1. The lowest BCUT2D eigenvalue weighted by atomic mass is 10.0. The van der Waals surface area contributed by atoms with E-state index in [-0.39, 0.29) is 16.7 Å². The van der Waals surface area contributed by atoms with Crippen molar-refractivity contribution in [2.75, 3.05) is 14.2 Å². The van der Waals surface area contributed by atoms with Crippen LogP contribution >= 0.6 is 0 Å². The van der Waals surface area contributed by atoms with Crippen molar-refractivity contribution >= 4 is 21.8 Å². The van der Waals surface area contributed by atoms with Crippen LogP contribution in [0.5, 0.6) is 5.75 Å². The zero-order valence-electron chi connectivity index (χ0n) is 19.3. The number of sulfonamides is 1. The zero-order chi connectivity index (χ0) is 23.8. The summed E-state index contributed by atoms with van der Waals surface area (Å²) >= 11 is 0. The van der Waals surface area contributed by atoms with Crippen molar-refractivity contribution in [1.29, 1.82) is 0 Å². The maximum atomic E-state index is 13.6. The Hall–Kier alpha value is -2.65. The molecule has 1 aromatic carbocycles. The van der Waals surface area contributed by atoms with Gasteiger partial charge in [0, 0.05) is 23.8 Å². The summed E-state index contributed by atoms with van der Waals surface area (Å²) in [6.45, 7) is 7.44. The van der Waals surface area contributed by atoms with Crippen LogP contribution in [0.1, 0.15) is 58.8 Å². The van der Waals surface area contributed by atoms with Crippen molar-refractivity contribution in [2.24, 2.45) is 0 Å². The number of carbonyl (C=O) groups is 2. The Morgan fingerprint density at radius 2 is 1.75 bits per heavy atom. The van der Waals surface area contributed by atoms with Gasteiger partial charge in [-0.05, 0) is 70.4 Å². The molecule has 9 heteroatoms. The SMILES string of the molecule is CCn1c(C)c(C(=O)C(C)N(C2CC2)S(=O)(=O)c2ccc(OC)cc2)c(C)c1C(=O)OC. The third kappa shape index (κ3) is 4.06. The summed E-state index contributed by atoms with van der Waals surface area (Å²) in [6, 6.07) is 4.99. The molecule has 0 spiro atoms. The minimum atomic E-state index is -3.91. The minimum Gasteiger partial charge on any atom is -0.497 e. The average Bonchev–Trinajstić information content (AvgIpc) is 3.57. The zero-order valence-corrected chi connectivity index (χ0v) is 20.2. The second-order valence-electron chi connectivity index (χ2n) is 7.95. The molecule has 1 aliphatic rings. The number of rotatable bonds is 9. The van der Waals surface area contributed by atoms with Crippen LogP contribution in [0, 0.1) is 13.8 Å². The van der Waals surface area contributed by atoms with Gasteiger partial charge in [-0.2, -0.15) is 4.31 Å². The van der Waals surface area contributed by atoms with Crippen LogP contribution in [0.4, 0.5) is 0 Å². The number of Topliss-reactive ketones (excluding diaryl/α,β-unsaturated/α-hetero) is 1. The first kappa shape index (κ1) is 24.0. The Kier molecular flexibility index (Phi) is 6.80. The third-order valence-electron chi connectivity index (χ3n) is 6.01. The highest BCUT2D eigenvalue weighted by Gasteiger charge is 2.44. The quantitative estimate of drug-likeness (QED) is 0.419. The fraction of sp³-hybridized carbons (Fsp3) is 0.478. The van der Waals surface area contributed by atoms with Gasteiger partial charge in [0.25, 0.3) is 0 Å². The number of ketones is 1. The molecule has 1 saturated carbocycles. The Bertz CT molecular complexity index is 1130. The summed E-state index contributed by atoms with van der Waals surface area (Å²) in [6.07, 6.45) is 1.41. The molecule has 1 aliphatic carbocycles. The highest BCUT2D eigenvalue weighted by molar-refractivity contribution is 7.89. The summed E-state index contributed by atoms with van der Waals surface area (Å²) in [5, 5.41) is 0. The minimum absolute atomic E-state index is 0.111. The molecule has 1 unspecified atom stereocenters. The van der Waals surface area contributed by atoms with Crippen molar-refractivity contribution < 1.29 is 27.5 Å². The van der Waals surface area contributed by atoms with E-state index in [2.05, 4.69) is 0 Å². The highest BCUT2D eigenvalue weighted by Crippen LogP contribution is 2.36. The lowest BCUT2D eigenvalue weighted by Gasteiger charge is -2.28. The van der Waals surface area contributed by atoms with Crippen LogP contribution in [-0.2, 0) is 21.3 Å². The van der Waals surface area contributed by atoms with E-state index in [1.807, 2.05) is 6.92 Å². The number of methoxy groups -OCH3 is 2. The lowest BCUT2D eigenvalue weighted by molar-refractivity contribution is 0.0587. The molecule has 0 aliphatic heterocycles. The largest absolute Gasteiger partial charge is 0.497 e. The van der Waals surface area contributed by atoms with Crippen LogP contribution in [0.3, 0.4) is 0 Å². The molecule has 2 aromatic rings. The first-order chi connectivity index (χ1) is 15.1. The second-order valence-corrected chi connectivity index (χ2v) is 9.79. The number of hydrogen-bond donors (Lipinski definition) is 0. The molecule has 0 radical (unpaired) electrons. The molecule has 0 bridgehead atoms. The first-order valence-corrected chi connectivity index (χ1v) is 12.0. The van der Waals surface area contributed by atoms with E-state index in [9.17, 15) is 18.0 Å². The average molecular weight is 463 g/mol. The number of carbonyl (C=O) groups excluding carboxylic acids is 2. The van der Waals surface area contributed by atoms with E-state index in [1.54, 1.807) is 37.5 Å². The Labute approximate surface area is 189 Å². The maximum Gasteiger partial charge on any atom is 0.354 e. The fourth-order valence-corrected chi connectivity index (χ4v) is 6.10. The van der Waals surface area contributed by atoms with E-state index in [1.165, 1.54) is 30.7 Å². The number of hydrogen-bond acceptors (Lipinski definition) is 6. The normalized spacial score (nSPS) is 15.0. The molecule has 3 rings (SSSR count). The summed E-state index contributed by atoms with van der Waals surface area (Å²) in [5.41, 5.74) is 1.82. The van der Waals surface area contributed by atoms with Crippen LogP contribution in [-0.4, -0.2) is 55.3 Å². The Balaban J connectivity index is 2.04. The standard InChI is InChI=1S/C23H30N2O6S/c1-7-24-15(3)20(14(2)21(24)23(27)31-6)22(26)16(4)25(17-8-9-17)32(28,29)19-12-10-18(30-5)11-13-19/h10-13,16-17H,7-9H2,1-6H3. The molecule has 1 fully saturated rings. The Morgan fingerprint density at radius 3 is 2.22 bits per heavy atom. The van der Waals surface area contributed by atoms with Crippen molar-refractivity contribution in [2.45, 2.75) is 64.1 Å². The van der Waals surface area contributed by atoms with Crippen LogP contribution in [0.15, 0.2) is 29.2 Å². The monoisotopic (exact) mass is 462 g/mol. The molecular weight excluding hydrogens is 432 g/mol. The van der Waals surface area contributed by atoms with Gasteiger partial charge in [-0.1, -0.05) is 0 Å². The van der Waals surface area contributed by atoms with Gasteiger partial charge in [0.2, 0.25) is 10.0 Å². The fourth-order valence-electron chi connectivity index (χ4n) is 4.26. The second kappa shape index (κ2) is 9.07. The van der Waals surface area contributed by atoms with Gasteiger partial charge < -0.3 is 14.0 Å². The summed E-state index contributed by atoms with van der Waals surface area (Å²) in [7, 11) is -1.11. The molecule has 0 N–H and O–H groups in total. The van der Waals surface area contributed by atoms with Gasteiger partial charge >= 0.3 is 5.97 Å². The van der Waals surface area contributed by atoms with Crippen molar-refractivity contribution in [3.05, 3.63) is 46.8 Å². The highest BCUT2D eigenvalue weighted by atomic mass is 32.2. The molecule has 0 amide bonds. The van der Waals surface area contributed by atoms with Gasteiger partial charge in [-0.15, -0.1) is 0 Å². The van der Waals surface area contributed by atoms with Crippen LogP contribution in [0.2, 0.25) is 0 Å². The smallest absolute Gasteiger partial charge is 0.354 e. The van der Waals surface area contributed by atoms with Gasteiger partial charge in [0.05, 0.1) is 25.2 Å². The number of nitrogens with zero attached hydrogens (tertiary/aromatic N) is 2. The van der Waals surface area contributed by atoms with Crippen LogP contribution in [0.25, 0.3) is 0 Å². The molecule has 8 nitrogen and oxygen atoms in total. The molecule has 174 valence electrons. The topological polar surface area (TPSA) is 94.9 Å². The number of esters is 1. The van der Waals surface area contributed by atoms with Gasteiger partial charge in [-0.25, -0.2) is 13.2 Å². The summed E-state index contributed by atoms with van der Waals surface area (Å²) in [4.78, 5) is 26.1. The predicted octanol–water partition coefficient (Wildman–Crippen LogP) is 3.34. The van der Waals surface area contributed by atoms with Gasteiger partial charge in [0.15, 0.2) is 5.78 Å². The summed E-state index contributed by atoms with van der Waals surface area (Å²) in [5.74, 6) is -0.307. The lowest BCUT2D eigenvalue weighted by Crippen LogP contribution is -2.45. The van der Waals surface area contributed by atoms with E-state index >= 15 is 0 Å². The van der Waals surface area contributed by atoms with Crippen molar-refractivity contribution in [3.63, 3.8) is 0 Å². The van der Waals surface area contributed by atoms with Gasteiger partial charge in [0.1, 0.15) is 11.4 Å². The number of ether oxygens (including phenoxy) is 2. The number of aromatic nitrogens is 1. The molecule has 0 saturated heterocycles. The summed E-state index contributed by atoms with van der Waals surface area (Å²) < 4.78 is 40.1. The predicted molar refractivity (Wildman–Crippen MR) is 120 cm³/mol. The molecule has 32 heavy (non-hydrogen) atoms. The van der Waals surface area contributed by atoms with Crippen molar-refractivity contribution in [3.8, 4) is 5.75 Å². The Morgan fingerprint density at radius 1 is 1.16 bits per heavy atom. The third-order valence-corrected chi connectivity index (χ3v) is 8.05. The van der Waals surface area contributed by atoms with E-state index in [0.29, 0.717) is 47.7 Å². The molecule has 1 aromatic heterocycles. The molecular formula is C23H30N2O6S. The van der Waals surface area contributed by atoms with E-state index in [4.69, 9.17) is 9.47 Å². The molecule has 1 atom stereocenters. The van der Waals surface area contributed by atoms with Crippen molar-refractivity contribution in [1.82, 2.24) is 8.87 Å². The molecule has 1 heterocycles. The maximum absolute atomic E-state index is 13.6. The first-order valence-electron chi connectivity index (χ1n) is 10.6. The van der Waals surface area contributed by atoms with Crippen LogP contribution < -0.4 is 4.74 Å².